The average molecular weight is 347 g/mol. The monoisotopic (exact) mass is 347 g/mol. The molecule has 26 heavy (non-hydrogen) atoms. The second kappa shape index (κ2) is 7.78. The van der Waals surface area contributed by atoms with E-state index in [1.807, 2.05) is 48.7 Å². The number of anilines is 1. The molecule has 0 fully saturated rings. The van der Waals surface area contributed by atoms with Crippen LogP contribution < -0.4 is 10.7 Å². The lowest BCUT2D eigenvalue weighted by molar-refractivity contribution is 0.102. The van der Waals surface area contributed by atoms with Crippen LogP contribution in [0.1, 0.15) is 34.2 Å². The molecule has 0 bridgehead atoms. The van der Waals surface area contributed by atoms with Gasteiger partial charge < -0.3 is 9.88 Å². The third kappa shape index (κ3) is 3.72. The number of aryl methyl sites for hydroxylation is 1. The molecule has 0 radical (unpaired) electrons. The summed E-state index contributed by atoms with van der Waals surface area (Å²) < 4.78 is 2.02. The van der Waals surface area contributed by atoms with Crippen LogP contribution >= 0.6 is 0 Å². The average Bonchev–Trinajstić information content (AvgIpc) is 2.65. The molecule has 5 nitrogen and oxygen atoms in total. The summed E-state index contributed by atoms with van der Waals surface area (Å²) in [5, 5.41) is 2.82. The SMILES string of the molecule is CCc1c(C(=O)Nc2ccccc2)c(=O)cc(C)n1Cc1ccncc1. The van der Waals surface area contributed by atoms with Gasteiger partial charge in [-0.05, 0) is 43.2 Å². The van der Waals surface area contributed by atoms with E-state index in [0.29, 0.717) is 18.7 Å². The number of carbonyl (C=O) groups excluding carboxylic acids is 1. The Hall–Kier alpha value is -3.21. The van der Waals surface area contributed by atoms with Gasteiger partial charge in [-0.3, -0.25) is 14.6 Å². The predicted molar refractivity (Wildman–Crippen MR) is 103 cm³/mol. The largest absolute Gasteiger partial charge is 0.343 e. The molecule has 0 aliphatic rings. The van der Waals surface area contributed by atoms with Crippen LogP contribution in [0.25, 0.3) is 0 Å². The van der Waals surface area contributed by atoms with Crippen LogP contribution in [0.15, 0.2) is 65.7 Å². The smallest absolute Gasteiger partial charge is 0.261 e. The first-order valence-corrected chi connectivity index (χ1v) is 8.58. The van der Waals surface area contributed by atoms with E-state index < -0.39 is 0 Å². The highest BCUT2D eigenvalue weighted by Gasteiger charge is 2.19. The summed E-state index contributed by atoms with van der Waals surface area (Å²) in [5.41, 5.74) is 3.26. The van der Waals surface area contributed by atoms with Crippen molar-refractivity contribution in [2.75, 3.05) is 5.32 Å². The highest BCUT2D eigenvalue weighted by molar-refractivity contribution is 6.05. The third-order valence-electron chi connectivity index (χ3n) is 4.31. The van der Waals surface area contributed by atoms with Gasteiger partial charge in [-0.25, -0.2) is 0 Å². The van der Waals surface area contributed by atoms with Gasteiger partial charge in [0.1, 0.15) is 5.56 Å². The summed E-state index contributed by atoms with van der Waals surface area (Å²) in [6.45, 7) is 4.43. The van der Waals surface area contributed by atoms with E-state index >= 15 is 0 Å². The molecular weight excluding hydrogens is 326 g/mol. The standard InChI is InChI=1S/C21H21N3O2/c1-3-18-20(21(26)23-17-7-5-4-6-8-17)19(25)13-15(2)24(18)14-16-9-11-22-12-10-16/h4-13H,3,14H2,1-2H3,(H,23,26). The minimum atomic E-state index is -0.374. The number of nitrogens with one attached hydrogen (secondary N) is 1. The van der Waals surface area contributed by atoms with Gasteiger partial charge in [-0.15, -0.1) is 0 Å². The van der Waals surface area contributed by atoms with Gasteiger partial charge in [0.05, 0.1) is 0 Å². The molecule has 0 saturated carbocycles. The third-order valence-corrected chi connectivity index (χ3v) is 4.31. The molecule has 0 aliphatic carbocycles. The van der Waals surface area contributed by atoms with Crippen LogP contribution in [0.3, 0.4) is 0 Å². The van der Waals surface area contributed by atoms with Crippen molar-refractivity contribution in [1.29, 1.82) is 0 Å². The van der Waals surface area contributed by atoms with E-state index in [9.17, 15) is 9.59 Å². The van der Waals surface area contributed by atoms with Crippen molar-refractivity contribution in [2.24, 2.45) is 0 Å². The Morgan fingerprint density at radius 3 is 2.46 bits per heavy atom. The number of carbonyl (C=O) groups is 1. The summed E-state index contributed by atoms with van der Waals surface area (Å²) in [7, 11) is 0. The fourth-order valence-electron chi connectivity index (χ4n) is 3.05. The summed E-state index contributed by atoms with van der Waals surface area (Å²) in [6.07, 6.45) is 4.06. The Balaban J connectivity index is 2.03. The van der Waals surface area contributed by atoms with Gasteiger partial charge in [0.25, 0.3) is 5.91 Å². The molecule has 0 aliphatic heterocycles. The Morgan fingerprint density at radius 1 is 1.12 bits per heavy atom. The normalized spacial score (nSPS) is 10.5. The van der Waals surface area contributed by atoms with Crippen molar-refractivity contribution in [2.45, 2.75) is 26.8 Å². The zero-order chi connectivity index (χ0) is 18.5. The summed E-state index contributed by atoms with van der Waals surface area (Å²) in [5.74, 6) is -0.374. The minimum Gasteiger partial charge on any atom is -0.343 e. The van der Waals surface area contributed by atoms with Crippen LogP contribution in [-0.2, 0) is 13.0 Å². The van der Waals surface area contributed by atoms with Crippen LogP contribution in [0, 0.1) is 6.92 Å². The molecule has 2 heterocycles. The molecule has 5 heteroatoms. The van der Waals surface area contributed by atoms with Crippen LogP contribution in [0.5, 0.6) is 0 Å². The Labute approximate surface area is 152 Å². The van der Waals surface area contributed by atoms with Crippen molar-refractivity contribution in [3.8, 4) is 0 Å². The van der Waals surface area contributed by atoms with Crippen molar-refractivity contribution >= 4 is 11.6 Å². The highest BCUT2D eigenvalue weighted by Crippen LogP contribution is 2.15. The Kier molecular flexibility index (Phi) is 5.27. The lowest BCUT2D eigenvalue weighted by atomic mass is 10.1. The number of hydrogen-bond acceptors (Lipinski definition) is 3. The van der Waals surface area contributed by atoms with Gasteiger partial charge in [-0.2, -0.15) is 0 Å². The van der Waals surface area contributed by atoms with Crippen molar-refractivity contribution < 1.29 is 4.79 Å². The van der Waals surface area contributed by atoms with Gasteiger partial charge in [0.15, 0.2) is 5.43 Å². The fraction of sp³-hybridized carbons (Fsp3) is 0.190. The van der Waals surface area contributed by atoms with Gasteiger partial charge in [-0.1, -0.05) is 25.1 Å². The Morgan fingerprint density at radius 2 is 1.81 bits per heavy atom. The molecule has 1 amide bonds. The number of aromatic nitrogens is 2. The quantitative estimate of drug-likeness (QED) is 0.769. The molecule has 0 atom stereocenters. The summed E-state index contributed by atoms with van der Waals surface area (Å²) in [4.78, 5) is 29.4. The number of benzene rings is 1. The molecule has 0 saturated heterocycles. The van der Waals surface area contributed by atoms with Crippen molar-refractivity contribution in [3.05, 3.63) is 93.7 Å². The van der Waals surface area contributed by atoms with E-state index in [4.69, 9.17) is 0 Å². The lowest BCUT2D eigenvalue weighted by Crippen LogP contribution is -2.28. The maximum Gasteiger partial charge on any atom is 0.261 e. The topological polar surface area (TPSA) is 64.0 Å². The molecular formula is C21H21N3O2. The van der Waals surface area contributed by atoms with E-state index in [1.165, 1.54) is 6.07 Å². The number of para-hydroxylation sites is 1. The van der Waals surface area contributed by atoms with E-state index in [-0.39, 0.29) is 16.9 Å². The summed E-state index contributed by atoms with van der Waals surface area (Å²) >= 11 is 0. The number of rotatable bonds is 5. The van der Waals surface area contributed by atoms with E-state index in [1.54, 1.807) is 24.5 Å². The van der Waals surface area contributed by atoms with Gasteiger partial charge >= 0.3 is 0 Å². The second-order valence-corrected chi connectivity index (χ2v) is 6.09. The van der Waals surface area contributed by atoms with Crippen LogP contribution in [0.2, 0.25) is 0 Å². The molecule has 3 aromatic rings. The number of hydrogen-bond donors (Lipinski definition) is 1. The van der Waals surface area contributed by atoms with Crippen LogP contribution in [-0.4, -0.2) is 15.5 Å². The molecule has 1 N–H and O–H groups in total. The molecule has 132 valence electrons. The molecule has 2 aromatic heterocycles. The maximum absolute atomic E-state index is 12.8. The van der Waals surface area contributed by atoms with Crippen molar-refractivity contribution in [3.63, 3.8) is 0 Å². The zero-order valence-electron chi connectivity index (χ0n) is 14.9. The summed E-state index contributed by atoms with van der Waals surface area (Å²) in [6, 6.07) is 14.5. The predicted octanol–water partition coefficient (Wildman–Crippen LogP) is 3.41. The molecule has 1 aromatic carbocycles. The molecule has 0 unspecified atom stereocenters. The first-order chi connectivity index (χ1) is 12.6. The number of amides is 1. The molecule has 0 spiro atoms. The first-order valence-electron chi connectivity index (χ1n) is 8.58. The Bertz CT molecular complexity index is 964. The van der Waals surface area contributed by atoms with Crippen LogP contribution in [0.4, 0.5) is 5.69 Å². The van der Waals surface area contributed by atoms with E-state index in [0.717, 1.165) is 17.0 Å². The first kappa shape index (κ1) is 17.6. The zero-order valence-corrected chi connectivity index (χ0v) is 14.9. The fourth-order valence-corrected chi connectivity index (χ4v) is 3.05. The van der Waals surface area contributed by atoms with Gasteiger partial charge in [0.2, 0.25) is 0 Å². The maximum atomic E-state index is 12.8. The minimum absolute atomic E-state index is 0.205. The van der Waals surface area contributed by atoms with Crippen molar-refractivity contribution in [1.82, 2.24) is 9.55 Å². The molecule has 3 rings (SSSR count). The number of pyridine rings is 2. The van der Waals surface area contributed by atoms with E-state index in [2.05, 4.69) is 10.3 Å². The second-order valence-electron chi connectivity index (χ2n) is 6.09. The van der Waals surface area contributed by atoms with Gasteiger partial charge in [0, 0.05) is 42.1 Å². The lowest BCUT2D eigenvalue weighted by Gasteiger charge is -2.19. The highest BCUT2D eigenvalue weighted by atomic mass is 16.2. The number of nitrogens with zero attached hydrogens (tertiary/aromatic N) is 2.